The number of nitrogens with two attached hydrogens (primary N) is 1. The van der Waals surface area contributed by atoms with Gasteiger partial charge in [0.05, 0.1) is 5.75 Å². The summed E-state index contributed by atoms with van der Waals surface area (Å²) in [6.07, 6.45) is 2.19. The molecule has 0 amide bonds. The van der Waals surface area contributed by atoms with Crippen molar-refractivity contribution in [3.8, 4) is 0 Å². The third-order valence-corrected chi connectivity index (χ3v) is 4.14. The van der Waals surface area contributed by atoms with E-state index < -0.39 is 23.0 Å². The fourth-order valence-electron chi connectivity index (χ4n) is 2.14. The predicted octanol–water partition coefficient (Wildman–Crippen LogP) is 1.73. The molecule has 1 aromatic carbocycles. The molecule has 2 aromatic rings. The van der Waals surface area contributed by atoms with Crippen LogP contribution in [-0.4, -0.2) is 15.0 Å². The number of Topliss-reactive ketones (excluding diaryl/α,β-unsaturated/α-hetero) is 1. The van der Waals surface area contributed by atoms with Crippen molar-refractivity contribution in [1.29, 1.82) is 0 Å². The molecule has 3 rings (SSSR count). The van der Waals surface area contributed by atoms with Crippen LogP contribution in [0.25, 0.3) is 0 Å². The molecule has 0 saturated heterocycles. The van der Waals surface area contributed by atoms with E-state index in [1.807, 2.05) is 30.3 Å². The first-order valence-corrected chi connectivity index (χ1v) is 8.10. The molecule has 0 fully saturated rings. The van der Waals surface area contributed by atoms with Crippen LogP contribution in [0.5, 0.6) is 0 Å². The smallest absolute Gasteiger partial charge is 0.249 e. The lowest BCUT2D eigenvalue weighted by molar-refractivity contribution is -0.123. The van der Waals surface area contributed by atoms with Crippen molar-refractivity contribution < 1.29 is 17.9 Å². The Kier molecular flexibility index (Phi) is 4.38. The van der Waals surface area contributed by atoms with Crippen LogP contribution >= 0.6 is 0 Å². The largest absolute Gasteiger partial charge is 0.460 e. The van der Waals surface area contributed by atoms with Crippen LogP contribution in [0.15, 0.2) is 66.5 Å². The molecule has 118 valence electrons. The lowest BCUT2D eigenvalue weighted by Crippen LogP contribution is -2.13. The first kappa shape index (κ1) is 15.2. The van der Waals surface area contributed by atoms with E-state index in [1.54, 1.807) is 18.3 Å². The van der Waals surface area contributed by atoms with Crippen molar-refractivity contribution >= 4 is 16.9 Å². The zero-order valence-corrected chi connectivity index (χ0v) is 12.9. The number of aromatic nitrogens is 1. The van der Waals surface area contributed by atoms with Gasteiger partial charge < -0.3 is 14.7 Å². The number of rotatable bonds is 5. The van der Waals surface area contributed by atoms with E-state index in [0.717, 1.165) is 5.56 Å². The molecule has 2 N–H and O–H groups in total. The number of carbonyl (C=O) groups excluding carboxylic acids is 1. The van der Waals surface area contributed by atoms with Gasteiger partial charge >= 0.3 is 0 Å². The van der Waals surface area contributed by atoms with Gasteiger partial charge in [-0.1, -0.05) is 36.4 Å². The summed E-state index contributed by atoms with van der Waals surface area (Å²) in [5.74, 6) is -0.669. The molecule has 0 spiro atoms. The molecule has 0 bridgehead atoms. The van der Waals surface area contributed by atoms with Gasteiger partial charge in [0.15, 0.2) is 6.10 Å². The number of ether oxygens (including phenoxy) is 1. The number of ketones is 1. The second-order valence-electron chi connectivity index (χ2n) is 4.86. The van der Waals surface area contributed by atoms with Crippen molar-refractivity contribution in [2.45, 2.75) is 11.9 Å². The molecule has 2 heterocycles. The van der Waals surface area contributed by atoms with Gasteiger partial charge in [-0.05, 0) is 11.6 Å². The average molecular weight is 330 g/mol. The summed E-state index contributed by atoms with van der Waals surface area (Å²) < 4.78 is 22.6. The maximum Gasteiger partial charge on any atom is 0.249 e. The van der Waals surface area contributed by atoms with Crippen LogP contribution in [0.1, 0.15) is 17.2 Å². The van der Waals surface area contributed by atoms with Gasteiger partial charge in [0.25, 0.3) is 0 Å². The molecule has 0 aliphatic carbocycles. The van der Waals surface area contributed by atoms with Crippen LogP contribution in [0.4, 0.5) is 0 Å². The third-order valence-electron chi connectivity index (χ3n) is 3.22. The minimum absolute atomic E-state index is 0.155. The van der Waals surface area contributed by atoms with E-state index >= 15 is 0 Å². The van der Waals surface area contributed by atoms with E-state index in [-0.39, 0.29) is 17.4 Å². The van der Waals surface area contributed by atoms with Crippen molar-refractivity contribution in [3.63, 3.8) is 0 Å². The Balaban J connectivity index is 1.69. The standard InChI is InChI=1S/C16H14N2O4S/c17-16-15(22-23(20)10-11-5-2-1-3-6-11)13(19)14(21-16)12-7-4-8-18-9-12/h1-9,14H,10,17H2. The molecule has 23 heavy (non-hydrogen) atoms. The highest BCUT2D eigenvalue weighted by Crippen LogP contribution is 2.31. The highest BCUT2D eigenvalue weighted by atomic mass is 32.2. The summed E-state index contributed by atoms with van der Waals surface area (Å²) >= 11 is -1.73. The first-order chi connectivity index (χ1) is 11.1. The zero-order valence-electron chi connectivity index (χ0n) is 12.0. The maximum atomic E-state index is 12.4. The summed E-state index contributed by atoms with van der Waals surface area (Å²) in [4.78, 5) is 16.3. The van der Waals surface area contributed by atoms with Crippen LogP contribution in [0.3, 0.4) is 0 Å². The van der Waals surface area contributed by atoms with Crippen LogP contribution in [0, 0.1) is 0 Å². The molecule has 1 aromatic heterocycles. The van der Waals surface area contributed by atoms with E-state index in [1.165, 1.54) is 6.20 Å². The Morgan fingerprint density at radius 3 is 2.70 bits per heavy atom. The van der Waals surface area contributed by atoms with E-state index in [9.17, 15) is 9.00 Å². The van der Waals surface area contributed by atoms with Crippen LogP contribution in [0.2, 0.25) is 0 Å². The first-order valence-electron chi connectivity index (χ1n) is 6.86. The third kappa shape index (κ3) is 3.40. The number of hydrogen-bond donors (Lipinski definition) is 1. The van der Waals surface area contributed by atoms with Gasteiger partial charge in [-0.25, -0.2) is 4.21 Å². The Morgan fingerprint density at radius 2 is 2.00 bits per heavy atom. The molecule has 2 unspecified atom stereocenters. The molecular weight excluding hydrogens is 316 g/mol. The Bertz CT molecular complexity index is 762. The maximum absolute atomic E-state index is 12.4. The molecule has 0 saturated carbocycles. The van der Waals surface area contributed by atoms with E-state index in [4.69, 9.17) is 14.7 Å². The summed E-state index contributed by atoms with van der Waals surface area (Å²) in [5.41, 5.74) is 7.09. The topological polar surface area (TPSA) is 91.5 Å². The number of carbonyl (C=O) groups is 1. The van der Waals surface area contributed by atoms with Crippen molar-refractivity contribution in [2.24, 2.45) is 5.73 Å². The quantitative estimate of drug-likeness (QED) is 0.898. The van der Waals surface area contributed by atoms with Crippen molar-refractivity contribution in [1.82, 2.24) is 4.98 Å². The summed E-state index contributed by atoms with van der Waals surface area (Å²) in [6, 6.07) is 12.6. The van der Waals surface area contributed by atoms with E-state index in [2.05, 4.69) is 4.98 Å². The van der Waals surface area contributed by atoms with Crippen LogP contribution in [-0.2, 0) is 30.5 Å². The summed E-state index contributed by atoms with van der Waals surface area (Å²) in [6.45, 7) is 0. The van der Waals surface area contributed by atoms with E-state index in [0.29, 0.717) is 5.56 Å². The Labute approximate surface area is 135 Å². The molecular formula is C16H14N2O4S. The Hall–Kier alpha value is -2.67. The lowest BCUT2D eigenvalue weighted by atomic mass is 10.1. The number of nitrogens with zero attached hydrogens (tertiary/aromatic N) is 1. The van der Waals surface area contributed by atoms with Crippen molar-refractivity contribution in [2.75, 3.05) is 0 Å². The predicted molar refractivity (Wildman–Crippen MR) is 83.7 cm³/mol. The van der Waals surface area contributed by atoms with Gasteiger partial charge in [-0.15, -0.1) is 0 Å². The highest BCUT2D eigenvalue weighted by molar-refractivity contribution is 7.79. The molecule has 1 aliphatic rings. The van der Waals surface area contributed by atoms with Gasteiger partial charge in [0.1, 0.15) is 0 Å². The second kappa shape index (κ2) is 6.62. The van der Waals surface area contributed by atoms with Gasteiger partial charge in [-0.3, -0.25) is 9.78 Å². The van der Waals surface area contributed by atoms with Gasteiger partial charge in [0, 0.05) is 18.0 Å². The monoisotopic (exact) mass is 330 g/mol. The molecule has 6 nitrogen and oxygen atoms in total. The fourth-order valence-corrected chi connectivity index (χ4v) is 3.01. The molecule has 7 heteroatoms. The normalized spacial score (nSPS) is 18.6. The number of pyridine rings is 1. The van der Waals surface area contributed by atoms with Crippen molar-refractivity contribution in [3.05, 3.63) is 77.6 Å². The molecule has 1 aliphatic heterocycles. The average Bonchev–Trinajstić information content (AvgIpc) is 2.85. The minimum atomic E-state index is -1.73. The summed E-state index contributed by atoms with van der Waals surface area (Å²) in [7, 11) is 0. The van der Waals surface area contributed by atoms with Crippen LogP contribution < -0.4 is 5.73 Å². The fraction of sp³-hybridized carbons (Fsp3) is 0.125. The second-order valence-corrected chi connectivity index (χ2v) is 5.92. The number of benzene rings is 1. The minimum Gasteiger partial charge on any atom is -0.460 e. The summed E-state index contributed by atoms with van der Waals surface area (Å²) in [5, 5.41) is 0. The Morgan fingerprint density at radius 1 is 1.22 bits per heavy atom. The molecule has 0 radical (unpaired) electrons. The lowest BCUT2D eigenvalue weighted by Gasteiger charge is -2.08. The SMILES string of the molecule is NC1=C(OS(=O)Cc2ccccc2)C(=O)C(c2cccnc2)O1. The zero-order chi connectivity index (χ0) is 16.2. The molecule has 2 atom stereocenters. The van der Waals surface area contributed by atoms with Gasteiger partial charge in [0.2, 0.25) is 28.5 Å². The number of hydrogen-bond acceptors (Lipinski definition) is 6. The van der Waals surface area contributed by atoms with Gasteiger partial charge in [-0.2, -0.15) is 0 Å². The highest BCUT2D eigenvalue weighted by Gasteiger charge is 2.38.